The Morgan fingerprint density at radius 2 is 1.92 bits per heavy atom. The summed E-state index contributed by atoms with van der Waals surface area (Å²) in [4.78, 5) is 9.91. The summed E-state index contributed by atoms with van der Waals surface area (Å²) in [5.41, 5.74) is 0. The number of hydrogen-bond acceptors (Lipinski definition) is 1. The van der Waals surface area contributed by atoms with E-state index >= 15 is 0 Å². The summed E-state index contributed by atoms with van der Waals surface area (Å²) in [6.45, 7) is 2.04. The van der Waals surface area contributed by atoms with E-state index in [1.807, 2.05) is 13.0 Å². The summed E-state index contributed by atoms with van der Waals surface area (Å²) < 4.78 is 0. The molecule has 0 aliphatic carbocycles. The van der Waals surface area contributed by atoms with Gasteiger partial charge in [0, 0.05) is 5.38 Å². The minimum Gasteiger partial charge on any atom is -0.299 e. The SMILES string of the molecule is CC(Cl)CCCCCCC=CC=O. The number of aldehydes is 1. The van der Waals surface area contributed by atoms with Gasteiger partial charge in [-0.15, -0.1) is 11.6 Å². The molecule has 0 radical (unpaired) electrons. The molecule has 0 amide bonds. The summed E-state index contributed by atoms with van der Waals surface area (Å²) in [6, 6.07) is 0. The molecule has 2 heteroatoms. The summed E-state index contributed by atoms with van der Waals surface area (Å²) in [5, 5.41) is 0.315. The second-order valence-electron chi connectivity index (χ2n) is 3.34. The molecule has 0 aliphatic heterocycles. The van der Waals surface area contributed by atoms with Gasteiger partial charge in [-0.3, -0.25) is 4.79 Å². The van der Waals surface area contributed by atoms with E-state index in [0.29, 0.717) is 5.38 Å². The molecule has 0 aromatic carbocycles. The van der Waals surface area contributed by atoms with Crippen molar-refractivity contribution in [3.8, 4) is 0 Å². The van der Waals surface area contributed by atoms with Gasteiger partial charge in [-0.05, 0) is 32.3 Å². The number of alkyl halides is 1. The smallest absolute Gasteiger partial charge is 0.142 e. The molecule has 0 aromatic heterocycles. The van der Waals surface area contributed by atoms with Crippen LogP contribution in [0.3, 0.4) is 0 Å². The molecule has 0 saturated carbocycles. The Labute approximate surface area is 86.2 Å². The van der Waals surface area contributed by atoms with Crippen LogP contribution in [0.4, 0.5) is 0 Å². The Bertz CT molecular complexity index is 141. The lowest BCUT2D eigenvalue weighted by atomic mass is 10.1. The number of rotatable bonds is 8. The van der Waals surface area contributed by atoms with Gasteiger partial charge in [0.2, 0.25) is 0 Å². The molecule has 0 aliphatic rings. The van der Waals surface area contributed by atoms with E-state index in [1.54, 1.807) is 6.08 Å². The maximum Gasteiger partial charge on any atom is 0.142 e. The molecular weight excluding hydrogens is 184 g/mol. The Hall–Kier alpha value is -0.300. The normalized spacial score (nSPS) is 13.4. The highest BCUT2D eigenvalue weighted by molar-refractivity contribution is 6.20. The van der Waals surface area contributed by atoms with Gasteiger partial charge in [-0.2, -0.15) is 0 Å². The molecule has 0 saturated heterocycles. The Morgan fingerprint density at radius 3 is 2.54 bits per heavy atom. The number of halogens is 1. The lowest BCUT2D eigenvalue weighted by molar-refractivity contribution is -0.104. The number of carbonyl (C=O) groups excluding carboxylic acids is 1. The molecule has 13 heavy (non-hydrogen) atoms. The summed E-state index contributed by atoms with van der Waals surface area (Å²) in [7, 11) is 0. The van der Waals surface area contributed by atoms with Crippen molar-refractivity contribution in [2.45, 2.75) is 50.8 Å². The summed E-state index contributed by atoms with van der Waals surface area (Å²) in [5.74, 6) is 0. The quantitative estimate of drug-likeness (QED) is 0.254. The topological polar surface area (TPSA) is 17.1 Å². The maximum absolute atomic E-state index is 9.91. The highest BCUT2D eigenvalue weighted by Crippen LogP contribution is 2.10. The van der Waals surface area contributed by atoms with Crippen molar-refractivity contribution in [2.75, 3.05) is 0 Å². The van der Waals surface area contributed by atoms with Crippen LogP contribution in [0.2, 0.25) is 0 Å². The van der Waals surface area contributed by atoms with Gasteiger partial charge in [-0.25, -0.2) is 0 Å². The second kappa shape index (κ2) is 9.79. The Balaban J connectivity index is 2.99. The van der Waals surface area contributed by atoms with Gasteiger partial charge >= 0.3 is 0 Å². The molecule has 0 rings (SSSR count). The van der Waals surface area contributed by atoms with Gasteiger partial charge in [0.25, 0.3) is 0 Å². The molecule has 0 N–H and O–H groups in total. The third-order valence-corrected chi connectivity index (χ3v) is 2.16. The van der Waals surface area contributed by atoms with Crippen LogP contribution >= 0.6 is 11.6 Å². The molecule has 0 fully saturated rings. The molecule has 0 heterocycles. The van der Waals surface area contributed by atoms with E-state index in [4.69, 9.17) is 11.6 Å². The lowest BCUT2D eigenvalue weighted by Crippen LogP contribution is -1.89. The molecule has 1 unspecified atom stereocenters. The van der Waals surface area contributed by atoms with Crippen molar-refractivity contribution in [2.24, 2.45) is 0 Å². The van der Waals surface area contributed by atoms with E-state index in [9.17, 15) is 4.79 Å². The minimum atomic E-state index is 0.315. The third-order valence-electron chi connectivity index (χ3n) is 1.94. The lowest BCUT2D eigenvalue weighted by Gasteiger charge is -2.01. The fourth-order valence-corrected chi connectivity index (χ4v) is 1.35. The fraction of sp³-hybridized carbons (Fsp3) is 0.727. The van der Waals surface area contributed by atoms with Crippen molar-refractivity contribution in [3.63, 3.8) is 0 Å². The number of carbonyl (C=O) groups is 1. The first-order valence-electron chi connectivity index (χ1n) is 5.01. The van der Waals surface area contributed by atoms with E-state index in [2.05, 4.69) is 0 Å². The fourth-order valence-electron chi connectivity index (χ4n) is 1.19. The zero-order valence-corrected chi connectivity index (χ0v) is 9.09. The summed E-state index contributed by atoms with van der Waals surface area (Å²) in [6.07, 6.45) is 11.4. The van der Waals surface area contributed by atoms with Gasteiger partial charge in [0.15, 0.2) is 0 Å². The van der Waals surface area contributed by atoms with Crippen molar-refractivity contribution >= 4 is 17.9 Å². The molecule has 0 spiro atoms. The predicted octanol–water partition coefficient (Wildman–Crippen LogP) is 3.71. The van der Waals surface area contributed by atoms with Gasteiger partial charge in [0.1, 0.15) is 6.29 Å². The minimum absolute atomic E-state index is 0.315. The first-order chi connectivity index (χ1) is 6.27. The maximum atomic E-state index is 9.91. The first kappa shape index (κ1) is 12.7. The van der Waals surface area contributed by atoms with E-state index in [1.165, 1.54) is 25.7 Å². The molecule has 1 atom stereocenters. The standard InChI is InChI=1S/C11H19ClO/c1-11(12)9-7-5-3-2-4-6-8-10-13/h6,8,10-11H,2-5,7,9H2,1H3. The van der Waals surface area contributed by atoms with E-state index in [-0.39, 0.29) is 0 Å². The first-order valence-corrected chi connectivity index (χ1v) is 5.45. The third kappa shape index (κ3) is 11.7. The van der Waals surface area contributed by atoms with E-state index < -0.39 is 0 Å². The van der Waals surface area contributed by atoms with Crippen LogP contribution in [-0.2, 0) is 4.79 Å². The van der Waals surface area contributed by atoms with Crippen LogP contribution in [0.25, 0.3) is 0 Å². The van der Waals surface area contributed by atoms with Gasteiger partial charge < -0.3 is 0 Å². The van der Waals surface area contributed by atoms with Crippen LogP contribution in [0.5, 0.6) is 0 Å². The van der Waals surface area contributed by atoms with Crippen LogP contribution in [0.1, 0.15) is 45.4 Å². The largest absolute Gasteiger partial charge is 0.299 e. The predicted molar refractivity (Wildman–Crippen MR) is 58.2 cm³/mol. The number of unbranched alkanes of at least 4 members (excludes halogenated alkanes) is 4. The van der Waals surface area contributed by atoms with Crippen LogP contribution in [0.15, 0.2) is 12.2 Å². The van der Waals surface area contributed by atoms with Crippen LogP contribution < -0.4 is 0 Å². The summed E-state index contributed by atoms with van der Waals surface area (Å²) >= 11 is 5.81. The van der Waals surface area contributed by atoms with Crippen LogP contribution in [0, 0.1) is 0 Å². The highest BCUT2D eigenvalue weighted by Gasteiger charge is 1.95. The van der Waals surface area contributed by atoms with Crippen molar-refractivity contribution in [1.82, 2.24) is 0 Å². The number of hydrogen-bond donors (Lipinski definition) is 0. The monoisotopic (exact) mass is 202 g/mol. The molecule has 76 valence electrons. The second-order valence-corrected chi connectivity index (χ2v) is 4.08. The molecular formula is C11H19ClO. The molecule has 1 nitrogen and oxygen atoms in total. The average molecular weight is 203 g/mol. The van der Waals surface area contributed by atoms with E-state index in [0.717, 1.165) is 19.1 Å². The zero-order valence-electron chi connectivity index (χ0n) is 8.34. The van der Waals surface area contributed by atoms with Crippen molar-refractivity contribution in [3.05, 3.63) is 12.2 Å². The van der Waals surface area contributed by atoms with Crippen molar-refractivity contribution < 1.29 is 4.79 Å². The molecule has 0 bridgehead atoms. The van der Waals surface area contributed by atoms with Gasteiger partial charge in [-0.1, -0.05) is 25.3 Å². The van der Waals surface area contributed by atoms with Crippen molar-refractivity contribution in [1.29, 1.82) is 0 Å². The average Bonchev–Trinajstić information content (AvgIpc) is 2.09. The highest BCUT2D eigenvalue weighted by atomic mass is 35.5. The van der Waals surface area contributed by atoms with Gasteiger partial charge in [0.05, 0.1) is 0 Å². The Kier molecular flexibility index (Phi) is 9.56. The zero-order chi connectivity index (χ0) is 9.94. The van der Waals surface area contributed by atoms with Crippen LogP contribution in [-0.4, -0.2) is 11.7 Å². The Morgan fingerprint density at radius 1 is 1.23 bits per heavy atom. The molecule has 0 aromatic rings. The number of allylic oxidation sites excluding steroid dienone is 2.